The zero-order valence-electron chi connectivity index (χ0n) is 15.8. The van der Waals surface area contributed by atoms with Gasteiger partial charge in [0, 0.05) is 11.3 Å². The van der Waals surface area contributed by atoms with Gasteiger partial charge in [-0.1, -0.05) is 18.2 Å². The van der Waals surface area contributed by atoms with Crippen LogP contribution in [-0.4, -0.2) is 50.5 Å². The molecule has 0 aromatic heterocycles. The van der Waals surface area contributed by atoms with Gasteiger partial charge in [0.05, 0.1) is 24.7 Å². The molecule has 2 saturated heterocycles. The Morgan fingerprint density at radius 3 is 2.55 bits per heavy atom. The standard InChI is InChI=1S/C21H20FN3O3S/c22-15-5-7-16(8-6-15)25-19(26)13-29-21(25)17-3-1-2-4-18(17)24(20(21)27)14-23-9-11-28-12-10-23/h1-8H,9-14H2/p+1/t21-/m0/s1. The van der Waals surface area contributed by atoms with Crippen molar-refractivity contribution in [2.75, 3.05) is 48.5 Å². The molecule has 0 radical (unpaired) electrons. The molecule has 2 aromatic rings. The Morgan fingerprint density at radius 2 is 1.79 bits per heavy atom. The van der Waals surface area contributed by atoms with Crippen molar-refractivity contribution in [1.82, 2.24) is 0 Å². The van der Waals surface area contributed by atoms with Crippen molar-refractivity contribution < 1.29 is 23.6 Å². The van der Waals surface area contributed by atoms with Gasteiger partial charge in [-0.25, -0.2) is 4.39 Å². The number of carbonyl (C=O) groups excluding carboxylic acids is 2. The van der Waals surface area contributed by atoms with Gasteiger partial charge in [-0.2, -0.15) is 0 Å². The smallest absolute Gasteiger partial charge is 0.273 e. The molecule has 3 aliphatic rings. The molecule has 3 aliphatic heterocycles. The van der Waals surface area contributed by atoms with Crippen molar-refractivity contribution in [3.63, 3.8) is 0 Å². The first kappa shape index (κ1) is 18.6. The molecule has 2 amide bonds. The number of carbonyl (C=O) groups is 2. The van der Waals surface area contributed by atoms with Crippen LogP contribution in [0.3, 0.4) is 0 Å². The maximum Gasteiger partial charge on any atom is 0.273 e. The summed E-state index contributed by atoms with van der Waals surface area (Å²) in [6.45, 7) is 3.57. The van der Waals surface area contributed by atoms with E-state index in [-0.39, 0.29) is 23.4 Å². The van der Waals surface area contributed by atoms with Crippen LogP contribution in [0.1, 0.15) is 5.56 Å². The number of hydrogen-bond donors (Lipinski definition) is 1. The van der Waals surface area contributed by atoms with E-state index >= 15 is 0 Å². The maximum atomic E-state index is 13.8. The quantitative estimate of drug-likeness (QED) is 0.814. The van der Waals surface area contributed by atoms with Crippen LogP contribution in [0.15, 0.2) is 48.5 Å². The summed E-state index contributed by atoms with van der Waals surface area (Å²) < 4.78 is 18.9. The molecule has 0 bridgehead atoms. The van der Waals surface area contributed by atoms with Crippen molar-refractivity contribution in [2.45, 2.75) is 4.87 Å². The first-order chi connectivity index (χ1) is 14.1. The molecule has 2 aromatic carbocycles. The second kappa shape index (κ2) is 7.12. The summed E-state index contributed by atoms with van der Waals surface area (Å²) in [6.07, 6.45) is 0. The van der Waals surface area contributed by atoms with Crippen LogP contribution in [0.25, 0.3) is 0 Å². The fourth-order valence-corrected chi connectivity index (χ4v) is 5.70. The molecule has 8 heteroatoms. The van der Waals surface area contributed by atoms with E-state index in [0.717, 1.165) is 24.3 Å². The Morgan fingerprint density at radius 1 is 1.07 bits per heavy atom. The Labute approximate surface area is 172 Å². The predicted molar refractivity (Wildman–Crippen MR) is 108 cm³/mol. The van der Waals surface area contributed by atoms with Gasteiger partial charge in [0.25, 0.3) is 5.91 Å². The molecule has 1 spiro atoms. The van der Waals surface area contributed by atoms with E-state index in [1.54, 1.807) is 21.9 Å². The number of halogens is 1. The first-order valence-corrected chi connectivity index (χ1v) is 10.7. The Balaban J connectivity index is 1.59. The Kier molecular flexibility index (Phi) is 4.57. The SMILES string of the molecule is O=C1CS[C@@]2(C(=O)N(C[NH+]3CCOCC3)c3ccccc32)N1c1ccc(F)cc1. The Hall–Kier alpha value is -2.42. The molecule has 0 unspecified atom stereocenters. The van der Waals surface area contributed by atoms with Gasteiger partial charge in [0.2, 0.25) is 10.8 Å². The summed E-state index contributed by atoms with van der Waals surface area (Å²) in [7, 11) is 0. The van der Waals surface area contributed by atoms with Crippen LogP contribution in [0, 0.1) is 5.82 Å². The third kappa shape index (κ3) is 2.86. The minimum atomic E-state index is -1.14. The minimum Gasteiger partial charge on any atom is -0.370 e. The van der Waals surface area contributed by atoms with Crippen molar-refractivity contribution in [1.29, 1.82) is 0 Å². The van der Waals surface area contributed by atoms with Crippen molar-refractivity contribution in [3.8, 4) is 0 Å². The van der Waals surface area contributed by atoms with E-state index in [1.807, 2.05) is 24.3 Å². The van der Waals surface area contributed by atoms with Gasteiger partial charge < -0.3 is 9.64 Å². The number of amides is 2. The van der Waals surface area contributed by atoms with Gasteiger partial charge in [-0.3, -0.25) is 19.4 Å². The van der Waals surface area contributed by atoms with Gasteiger partial charge in [-0.15, -0.1) is 11.8 Å². The number of nitrogens with one attached hydrogen (secondary N) is 1. The number of thioether (sulfide) groups is 1. The molecule has 0 aliphatic carbocycles. The number of rotatable bonds is 3. The van der Waals surface area contributed by atoms with E-state index in [2.05, 4.69) is 0 Å². The number of morpholine rings is 1. The van der Waals surface area contributed by atoms with Crippen molar-refractivity contribution >= 4 is 35.0 Å². The number of hydrogen-bond acceptors (Lipinski definition) is 4. The van der Waals surface area contributed by atoms with Crippen LogP contribution in [-0.2, 0) is 19.2 Å². The molecular weight excluding hydrogens is 393 g/mol. The highest BCUT2D eigenvalue weighted by Gasteiger charge is 2.61. The lowest BCUT2D eigenvalue weighted by Crippen LogP contribution is -3.15. The summed E-state index contributed by atoms with van der Waals surface area (Å²) in [6, 6.07) is 13.4. The number of benzene rings is 2. The lowest BCUT2D eigenvalue weighted by atomic mass is 10.0. The second-order valence-electron chi connectivity index (χ2n) is 7.41. The number of nitrogens with zero attached hydrogens (tertiary/aromatic N) is 2. The highest BCUT2D eigenvalue weighted by Crippen LogP contribution is 2.55. The largest absolute Gasteiger partial charge is 0.370 e. The summed E-state index contributed by atoms with van der Waals surface area (Å²) in [5.41, 5.74) is 2.19. The topological polar surface area (TPSA) is 54.3 Å². The summed E-state index contributed by atoms with van der Waals surface area (Å²) in [5.74, 6) is -0.434. The summed E-state index contributed by atoms with van der Waals surface area (Å²) >= 11 is 1.34. The molecule has 6 nitrogen and oxygen atoms in total. The molecule has 2 fully saturated rings. The van der Waals surface area contributed by atoms with E-state index in [9.17, 15) is 14.0 Å². The molecule has 150 valence electrons. The zero-order chi connectivity index (χ0) is 20.0. The van der Waals surface area contributed by atoms with Crippen LogP contribution >= 0.6 is 11.8 Å². The predicted octanol–water partition coefficient (Wildman–Crippen LogP) is 0.978. The fraction of sp³-hybridized carbons (Fsp3) is 0.333. The average molecular weight is 414 g/mol. The average Bonchev–Trinajstić information content (AvgIpc) is 3.21. The van der Waals surface area contributed by atoms with Gasteiger partial charge in [0.1, 0.15) is 18.9 Å². The Bertz CT molecular complexity index is 964. The highest BCUT2D eigenvalue weighted by atomic mass is 32.2. The van der Waals surface area contributed by atoms with Crippen molar-refractivity contribution in [2.24, 2.45) is 0 Å². The molecular formula is C21H21FN3O3S+. The number of para-hydroxylation sites is 1. The maximum absolute atomic E-state index is 13.8. The van der Waals surface area contributed by atoms with Gasteiger partial charge in [0.15, 0.2) is 6.67 Å². The minimum absolute atomic E-state index is 0.113. The fourth-order valence-electron chi connectivity index (χ4n) is 4.34. The van der Waals surface area contributed by atoms with Crippen molar-refractivity contribution in [3.05, 3.63) is 59.9 Å². The molecule has 1 atom stereocenters. The second-order valence-corrected chi connectivity index (χ2v) is 8.58. The van der Waals surface area contributed by atoms with E-state index < -0.39 is 4.87 Å². The number of anilines is 2. The summed E-state index contributed by atoms with van der Waals surface area (Å²) in [5, 5.41) is 0. The third-order valence-electron chi connectivity index (χ3n) is 5.73. The normalized spacial score (nSPS) is 24.6. The number of quaternary nitrogens is 1. The van der Waals surface area contributed by atoms with E-state index in [1.165, 1.54) is 28.8 Å². The van der Waals surface area contributed by atoms with Crippen LogP contribution < -0.4 is 14.7 Å². The highest BCUT2D eigenvalue weighted by molar-refractivity contribution is 8.02. The first-order valence-electron chi connectivity index (χ1n) is 9.66. The van der Waals surface area contributed by atoms with Gasteiger partial charge in [-0.05, 0) is 30.3 Å². The van der Waals surface area contributed by atoms with Crippen LogP contribution in [0.4, 0.5) is 15.8 Å². The van der Waals surface area contributed by atoms with Crippen LogP contribution in [0.2, 0.25) is 0 Å². The zero-order valence-corrected chi connectivity index (χ0v) is 16.6. The monoisotopic (exact) mass is 414 g/mol. The van der Waals surface area contributed by atoms with Gasteiger partial charge >= 0.3 is 0 Å². The number of fused-ring (bicyclic) bond motifs is 2. The van der Waals surface area contributed by atoms with E-state index in [4.69, 9.17) is 4.74 Å². The van der Waals surface area contributed by atoms with Crippen LogP contribution in [0.5, 0.6) is 0 Å². The van der Waals surface area contributed by atoms with E-state index in [0.29, 0.717) is 25.6 Å². The molecule has 3 heterocycles. The number of ether oxygens (including phenoxy) is 1. The molecule has 0 saturated carbocycles. The third-order valence-corrected chi connectivity index (χ3v) is 7.12. The lowest BCUT2D eigenvalue weighted by Gasteiger charge is -2.34. The lowest BCUT2D eigenvalue weighted by molar-refractivity contribution is -0.906. The molecule has 5 rings (SSSR count). The summed E-state index contributed by atoms with van der Waals surface area (Å²) in [4.78, 5) is 30.2. The molecule has 29 heavy (non-hydrogen) atoms. The molecule has 1 N–H and O–H groups in total.